The minimum Gasteiger partial charge on any atom is -0.494 e. The van der Waals surface area contributed by atoms with E-state index in [1.165, 1.54) is 0 Å². The highest BCUT2D eigenvalue weighted by Gasteiger charge is 2.17. The monoisotopic (exact) mass is 291 g/mol. The number of carbonyl (C=O) groups excluding carboxylic acids is 1. The standard InChI is InChI=1S/C16H21NO2S/c1-5-7-12-19-13-8-10-14(11-9-13)20-15(18)17-16(3,4)6-2/h2,8-11H,5,7,12H2,1,3-4H3,(H,17,18). The molecule has 1 rings (SSSR count). The van der Waals surface area contributed by atoms with Gasteiger partial charge in [-0.3, -0.25) is 4.79 Å². The molecule has 3 nitrogen and oxygen atoms in total. The van der Waals surface area contributed by atoms with E-state index in [9.17, 15) is 4.79 Å². The quantitative estimate of drug-likeness (QED) is 0.487. The molecule has 0 aliphatic heterocycles. The second-order valence-electron chi connectivity index (χ2n) is 4.96. The molecule has 0 aromatic heterocycles. The van der Waals surface area contributed by atoms with E-state index in [2.05, 4.69) is 18.2 Å². The van der Waals surface area contributed by atoms with Crippen molar-refractivity contribution in [3.05, 3.63) is 24.3 Å². The molecule has 0 radical (unpaired) electrons. The Morgan fingerprint density at radius 2 is 2.05 bits per heavy atom. The summed E-state index contributed by atoms with van der Waals surface area (Å²) in [5, 5.41) is 2.61. The van der Waals surface area contributed by atoms with E-state index in [1.54, 1.807) is 13.8 Å². The van der Waals surface area contributed by atoms with Gasteiger partial charge in [0.25, 0.3) is 5.24 Å². The van der Waals surface area contributed by atoms with Gasteiger partial charge in [0.1, 0.15) is 5.75 Å². The lowest BCUT2D eigenvalue weighted by Gasteiger charge is -2.18. The highest BCUT2D eigenvalue weighted by atomic mass is 32.2. The summed E-state index contributed by atoms with van der Waals surface area (Å²) in [6.07, 6.45) is 7.49. The number of amides is 1. The molecule has 0 heterocycles. The van der Waals surface area contributed by atoms with Crippen molar-refractivity contribution >= 4 is 17.0 Å². The number of hydrogen-bond acceptors (Lipinski definition) is 3. The number of nitrogens with one attached hydrogen (secondary N) is 1. The van der Waals surface area contributed by atoms with Crippen molar-refractivity contribution in [2.45, 2.75) is 44.0 Å². The van der Waals surface area contributed by atoms with Crippen LogP contribution in [0.2, 0.25) is 0 Å². The lowest BCUT2D eigenvalue weighted by molar-refractivity contribution is 0.256. The molecule has 0 saturated carbocycles. The van der Waals surface area contributed by atoms with Gasteiger partial charge >= 0.3 is 0 Å². The molecule has 1 aromatic carbocycles. The third-order valence-corrected chi connectivity index (χ3v) is 3.37. The largest absolute Gasteiger partial charge is 0.494 e. The van der Waals surface area contributed by atoms with Gasteiger partial charge in [0.2, 0.25) is 0 Å². The summed E-state index contributed by atoms with van der Waals surface area (Å²) in [6, 6.07) is 7.48. The summed E-state index contributed by atoms with van der Waals surface area (Å²) >= 11 is 1.12. The fourth-order valence-corrected chi connectivity index (χ4v) is 2.15. The molecule has 1 N–H and O–H groups in total. The molecule has 0 fully saturated rings. The average Bonchev–Trinajstić information content (AvgIpc) is 2.40. The maximum atomic E-state index is 11.8. The highest BCUT2D eigenvalue weighted by Crippen LogP contribution is 2.22. The van der Waals surface area contributed by atoms with E-state index < -0.39 is 5.54 Å². The maximum Gasteiger partial charge on any atom is 0.285 e. The Kier molecular flexibility index (Phi) is 6.47. The molecule has 1 aromatic rings. The van der Waals surface area contributed by atoms with Gasteiger partial charge in [0, 0.05) is 4.90 Å². The van der Waals surface area contributed by atoms with Gasteiger partial charge in [-0.05, 0) is 56.3 Å². The van der Waals surface area contributed by atoms with E-state index in [0.717, 1.165) is 41.9 Å². The molecule has 1 amide bonds. The lowest BCUT2D eigenvalue weighted by Crippen LogP contribution is -2.39. The van der Waals surface area contributed by atoms with Crippen molar-refractivity contribution in [2.24, 2.45) is 0 Å². The van der Waals surface area contributed by atoms with Gasteiger partial charge < -0.3 is 10.1 Å². The molecule has 0 bridgehead atoms. The Bertz CT molecular complexity index is 474. The molecular formula is C16H21NO2S. The molecule has 0 aliphatic rings. The molecule has 0 aliphatic carbocycles. The van der Waals surface area contributed by atoms with Gasteiger partial charge in [-0.15, -0.1) is 6.42 Å². The second kappa shape index (κ2) is 7.86. The zero-order chi connectivity index (χ0) is 15.0. The Morgan fingerprint density at radius 1 is 1.40 bits per heavy atom. The van der Waals surface area contributed by atoms with Crippen LogP contribution in [0.15, 0.2) is 29.2 Å². The van der Waals surface area contributed by atoms with Crippen molar-refractivity contribution in [3.63, 3.8) is 0 Å². The van der Waals surface area contributed by atoms with Crippen LogP contribution in [0.5, 0.6) is 5.75 Å². The molecule has 0 unspecified atom stereocenters. The van der Waals surface area contributed by atoms with E-state index in [4.69, 9.17) is 11.2 Å². The number of ether oxygens (including phenoxy) is 1. The van der Waals surface area contributed by atoms with Gasteiger partial charge in [0.05, 0.1) is 12.1 Å². The third kappa shape index (κ3) is 6.03. The van der Waals surface area contributed by atoms with Crippen LogP contribution in [0, 0.1) is 12.3 Å². The number of benzene rings is 1. The minimum atomic E-state index is -0.632. The lowest BCUT2D eigenvalue weighted by atomic mass is 10.1. The van der Waals surface area contributed by atoms with Crippen LogP contribution in [0.25, 0.3) is 0 Å². The van der Waals surface area contributed by atoms with Crippen molar-refractivity contribution in [1.82, 2.24) is 5.32 Å². The summed E-state index contributed by atoms with van der Waals surface area (Å²) in [5.41, 5.74) is -0.632. The van der Waals surface area contributed by atoms with E-state index in [1.807, 2.05) is 24.3 Å². The second-order valence-corrected chi connectivity index (χ2v) is 6.00. The fourth-order valence-electron chi connectivity index (χ4n) is 1.36. The molecule has 4 heteroatoms. The highest BCUT2D eigenvalue weighted by molar-refractivity contribution is 8.13. The predicted octanol–water partition coefficient (Wildman–Crippen LogP) is 4.08. The predicted molar refractivity (Wildman–Crippen MR) is 84.1 cm³/mol. The Hall–Kier alpha value is -1.60. The fraction of sp³-hybridized carbons (Fsp3) is 0.438. The van der Waals surface area contributed by atoms with Crippen molar-refractivity contribution in [1.29, 1.82) is 0 Å². The molecule has 108 valence electrons. The number of thioether (sulfide) groups is 1. The summed E-state index contributed by atoms with van der Waals surface area (Å²) in [4.78, 5) is 12.7. The number of terminal acetylenes is 1. The smallest absolute Gasteiger partial charge is 0.285 e. The van der Waals surface area contributed by atoms with Crippen molar-refractivity contribution in [2.75, 3.05) is 6.61 Å². The van der Waals surface area contributed by atoms with E-state index in [0.29, 0.717) is 0 Å². The van der Waals surface area contributed by atoms with Gasteiger partial charge in [-0.1, -0.05) is 19.3 Å². The SMILES string of the molecule is C#CC(C)(C)NC(=O)Sc1ccc(OCCCC)cc1. The van der Waals surface area contributed by atoms with E-state index >= 15 is 0 Å². The van der Waals surface area contributed by atoms with Crippen LogP contribution < -0.4 is 10.1 Å². The topological polar surface area (TPSA) is 38.3 Å². The first-order valence-electron chi connectivity index (χ1n) is 6.67. The summed E-state index contributed by atoms with van der Waals surface area (Å²) in [6.45, 7) is 6.42. The first-order chi connectivity index (χ1) is 9.46. The van der Waals surface area contributed by atoms with Crippen LogP contribution in [0.1, 0.15) is 33.6 Å². The summed E-state index contributed by atoms with van der Waals surface area (Å²) in [5.74, 6) is 3.36. The Labute approximate surface area is 125 Å². The molecule has 0 spiro atoms. The van der Waals surface area contributed by atoms with Gasteiger partial charge in [-0.25, -0.2) is 0 Å². The van der Waals surface area contributed by atoms with Crippen LogP contribution in [0.3, 0.4) is 0 Å². The number of hydrogen-bond donors (Lipinski definition) is 1. The normalized spacial score (nSPS) is 10.7. The number of unbranched alkanes of at least 4 members (excludes halogenated alkanes) is 1. The first-order valence-corrected chi connectivity index (χ1v) is 7.49. The average molecular weight is 291 g/mol. The third-order valence-electron chi connectivity index (χ3n) is 2.58. The van der Waals surface area contributed by atoms with Gasteiger partial charge in [0.15, 0.2) is 0 Å². The molecule has 0 saturated heterocycles. The zero-order valence-electron chi connectivity index (χ0n) is 12.2. The Balaban J connectivity index is 2.49. The number of rotatable bonds is 6. The van der Waals surface area contributed by atoms with Crippen LogP contribution in [-0.2, 0) is 0 Å². The zero-order valence-corrected chi connectivity index (χ0v) is 13.0. The molecule has 20 heavy (non-hydrogen) atoms. The molecule has 0 atom stereocenters. The van der Waals surface area contributed by atoms with Crippen molar-refractivity contribution < 1.29 is 9.53 Å². The van der Waals surface area contributed by atoms with E-state index in [-0.39, 0.29) is 5.24 Å². The Morgan fingerprint density at radius 3 is 2.60 bits per heavy atom. The molecular weight excluding hydrogens is 270 g/mol. The first kappa shape index (κ1) is 16.5. The van der Waals surface area contributed by atoms with Gasteiger partial charge in [-0.2, -0.15) is 0 Å². The van der Waals surface area contributed by atoms with Crippen LogP contribution in [-0.4, -0.2) is 17.4 Å². The van der Waals surface area contributed by atoms with Crippen molar-refractivity contribution in [3.8, 4) is 18.1 Å². The maximum absolute atomic E-state index is 11.8. The van der Waals surface area contributed by atoms with Crippen LogP contribution in [0.4, 0.5) is 4.79 Å². The summed E-state index contributed by atoms with van der Waals surface area (Å²) in [7, 11) is 0. The number of carbonyl (C=O) groups is 1. The van der Waals surface area contributed by atoms with Crippen LogP contribution >= 0.6 is 11.8 Å². The summed E-state index contributed by atoms with van der Waals surface area (Å²) < 4.78 is 5.57. The minimum absolute atomic E-state index is 0.160.